The average Bonchev–Trinajstić information content (AvgIpc) is 3.26. The second-order valence-electron chi connectivity index (χ2n) is 16.0. The molecule has 0 bridgehead atoms. The van der Waals surface area contributed by atoms with Crippen molar-refractivity contribution < 1.29 is 28.6 Å². The highest BCUT2D eigenvalue weighted by atomic mass is 16.6. The first-order valence-electron chi connectivity index (χ1n) is 24.7. The maximum Gasteiger partial charge on any atom is 0.306 e. The minimum Gasteiger partial charge on any atom is -0.462 e. The van der Waals surface area contributed by atoms with Gasteiger partial charge in [-0.05, 0) is 103 Å². The van der Waals surface area contributed by atoms with Gasteiger partial charge in [0.2, 0.25) is 0 Å². The van der Waals surface area contributed by atoms with Crippen LogP contribution in [-0.2, 0) is 28.6 Å². The van der Waals surface area contributed by atoms with Crippen molar-refractivity contribution in [2.45, 2.75) is 219 Å². The van der Waals surface area contributed by atoms with E-state index >= 15 is 0 Å². The molecule has 0 saturated carbocycles. The van der Waals surface area contributed by atoms with Crippen LogP contribution in [0.1, 0.15) is 213 Å². The van der Waals surface area contributed by atoms with Crippen molar-refractivity contribution in [3.8, 4) is 0 Å². The third-order valence-corrected chi connectivity index (χ3v) is 10.1. The van der Waals surface area contributed by atoms with Gasteiger partial charge in [0.25, 0.3) is 0 Å². The lowest BCUT2D eigenvalue weighted by Gasteiger charge is -2.18. The number of carbonyl (C=O) groups is 3. The molecular weight excluding hydrogens is 757 g/mol. The fourth-order valence-corrected chi connectivity index (χ4v) is 6.32. The topological polar surface area (TPSA) is 78.9 Å². The zero-order valence-corrected chi connectivity index (χ0v) is 39.4. The molecule has 0 N–H and O–H groups in total. The monoisotopic (exact) mass is 847 g/mol. The summed E-state index contributed by atoms with van der Waals surface area (Å²) >= 11 is 0. The largest absolute Gasteiger partial charge is 0.462 e. The first kappa shape index (κ1) is 57.3. The lowest BCUT2D eigenvalue weighted by atomic mass is 10.1. The van der Waals surface area contributed by atoms with Crippen LogP contribution < -0.4 is 0 Å². The van der Waals surface area contributed by atoms with Crippen molar-refractivity contribution in [1.82, 2.24) is 0 Å². The molecule has 0 radical (unpaired) electrons. The van der Waals surface area contributed by atoms with Gasteiger partial charge >= 0.3 is 17.9 Å². The number of ether oxygens (including phenoxy) is 3. The van der Waals surface area contributed by atoms with Crippen LogP contribution in [-0.4, -0.2) is 37.2 Å². The molecule has 0 spiro atoms. The van der Waals surface area contributed by atoms with Gasteiger partial charge in [-0.1, -0.05) is 189 Å². The summed E-state index contributed by atoms with van der Waals surface area (Å²) in [4.78, 5) is 37.8. The van der Waals surface area contributed by atoms with Crippen LogP contribution in [0.4, 0.5) is 0 Å². The Morgan fingerprint density at radius 2 is 0.689 bits per heavy atom. The highest BCUT2D eigenvalue weighted by molar-refractivity contribution is 5.71. The smallest absolute Gasteiger partial charge is 0.306 e. The van der Waals surface area contributed by atoms with E-state index in [0.717, 1.165) is 103 Å². The Morgan fingerprint density at radius 1 is 0.344 bits per heavy atom. The third-order valence-electron chi connectivity index (χ3n) is 10.1. The third kappa shape index (κ3) is 47.2. The molecule has 0 aromatic heterocycles. The molecule has 346 valence electrons. The van der Waals surface area contributed by atoms with E-state index < -0.39 is 6.10 Å². The summed E-state index contributed by atoms with van der Waals surface area (Å²) in [7, 11) is 0. The van der Waals surface area contributed by atoms with E-state index in [4.69, 9.17) is 14.2 Å². The van der Waals surface area contributed by atoms with Crippen molar-refractivity contribution in [3.63, 3.8) is 0 Å². The van der Waals surface area contributed by atoms with Crippen LogP contribution in [0, 0.1) is 0 Å². The molecule has 0 heterocycles. The molecule has 0 aliphatic heterocycles. The Morgan fingerprint density at radius 3 is 1.16 bits per heavy atom. The molecule has 61 heavy (non-hydrogen) atoms. The summed E-state index contributed by atoms with van der Waals surface area (Å²) in [5, 5.41) is 0. The molecule has 0 amide bonds. The maximum absolute atomic E-state index is 12.7. The molecular formula is C55H90O6. The molecule has 0 saturated heterocycles. The van der Waals surface area contributed by atoms with E-state index in [1.807, 2.05) is 12.2 Å². The van der Waals surface area contributed by atoms with E-state index in [1.165, 1.54) is 64.2 Å². The normalized spacial score (nSPS) is 12.9. The fourth-order valence-electron chi connectivity index (χ4n) is 6.32. The number of esters is 3. The number of unbranched alkanes of at least 4 members (excludes halogenated alkanes) is 16. The zero-order valence-electron chi connectivity index (χ0n) is 39.4. The van der Waals surface area contributed by atoms with Gasteiger partial charge in [0, 0.05) is 19.3 Å². The summed E-state index contributed by atoms with van der Waals surface area (Å²) in [5.74, 6) is -1.03. The first-order valence-corrected chi connectivity index (χ1v) is 24.7. The number of carbonyl (C=O) groups excluding carboxylic acids is 3. The van der Waals surface area contributed by atoms with Gasteiger partial charge in [-0.2, -0.15) is 0 Å². The molecule has 0 aliphatic carbocycles. The Kier molecular flexibility index (Phi) is 46.0. The second-order valence-corrected chi connectivity index (χ2v) is 16.0. The lowest BCUT2D eigenvalue weighted by molar-refractivity contribution is -0.166. The summed E-state index contributed by atoms with van der Waals surface area (Å²) in [5.41, 5.74) is 0. The van der Waals surface area contributed by atoms with Crippen molar-refractivity contribution in [3.05, 3.63) is 97.2 Å². The predicted octanol–water partition coefficient (Wildman–Crippen LogP) is 16.2. The molecule has 1 atom stereocenters. The number of allylic oxidation sites excluding steroid dienone is 16. The molecule has 0 rings (SSSR count). The van der Waals surface area contributed by atoms with Gasteiger partial charge in [-0.3, -0.25) is 14.4 Å². The van der Waals surface area contributed by atoms with Crippen LogP contribution >= 0.6 is 0 Å². The molecule has 0 aromatic rings. The zero-order chi connectivity index (χ0) is 44.4. The summed E-state index contributed by atoms with van der Waals surface area (Å²) in [6.07, 6.45) is 64.0. The quantitative estimate of drug-likeness (QED) is 0.0263. The Labute approximate surface area is 375 Å². The molecule has 0 aliphatic rings. The number of hydrogen-bond acceptors (Lipinski definition) is 6. The minimum atomic E-state index is -0.818. The van der Waals surface area contributed by atoms with E-state index in [0.29, 0.717) is 12.8 Å². The Hall–Kier alpha value is -3.67. The van der Waals surface area contributed by atoms with Crippen molar-refractivity contribution >= 4 is 17.9 Å². The van der Waals surface area contributed by atoms with E-state index in [1.54, 1.807) is 0 Å². The van der Waals surface area contributed by atoms with Crippen molar-refractivity contribution in [2.75, 3.05) is 13.2 Å². The maximum atomic E-state index is 12.7. The minimum absolute atomic E-state index is 0.112. The van der Waals surface area contributed by atoms with Crippen LogP contribution in [0.5, 0.6) is 0 Å². The molecule has 6 nitrogen and oxygen atoms in total. The molecule has 0 aromatic carbocycles. The number of rotatable bonds is 43. The fraction of sp³-hybridized carbons (Fsp3) is 0.655. The second kappa shape index (κ2) is 49.0. The van der Waals surface area contributed by atoms with Gasteiger partial charge in [-0.25, -0.2) is 0 Å². The highest BCUT2D eigenvalue weighted by Crippen LogP contribution is 2.12. The molecule has 1 unspecified atom stereocenters. The lowest BCUT2D eigenvalue weighted by Crippen LogP contribution is -2.30. The van der Waals surface area contributed by atoms with Crippen LogP contribution in [0.25, 0.3) is 0 Å². The molecule has 6 heteroatoms. The van der Waals surface area contributed by atoms with Crippen molar-refractivity contribution in [2.24, 2.45) is 0 Å². The summed E-state index contributed by atoms with van der Waals surface area (Å²) in [6, 6.07) is 0. The van der Waals surface area contributed by atoms with Crippen molar-refractivity contribution in [1.29, 1.82) is 0 Å². The van der Waals surface area contributed by atoms with E-state index in [2.05, 4.69) is 106 Å². The Balaban J connectivity index is 4.52. The van der Waals surface area contributed by atoms with Gasteiger partial charge in [0.05, 0.1) is 0 Å². The van der Waals surface area contributed by atoms with Crippen LogP contribution in [0.3, 0.4) is 0 Å². The SMILES string of the molecule is CC/C=C\C/C=C\C/C=C\C/C=C\C/C=C\C/C=C\CCC(=O)OCC(COC(=O)CCCCCCC/C=C\CCCC)OC(=O)CCCCC/C=C\CCCCCCCC. The highest BCUT2D eigenvalue weighted by Gasteiger charge is 2.19. The van der Waals surface area contributed by atoms with Gasteiger partial charge < -0.3 is 14.2 Å². The average molecular weight is 847 g/mol. The van der Waals surface area contributed by atoms with Crippen LogP contribution in [0.15, 0.2) is 97.2 Å². The Bertz CT molecular complexity index is 1250. The van der Waals surface area contributed by atoms with Gasteiger partial charge in [-0.15, -0.1) is 0 Å². The number of hydrogen-bond donors (Lipinski definition) is 0. The van der Waals surface area contributed by atoms with Gasteiger partial charge in [0.15, 0.2) is 6.10 Å². The van der Waals surface area contributed by atoms with E-state index in [9.17, 15) is 14.4 Å². The van der Waals surface area contributed by atoms with E-state index in [-0.39, 0.29) is 44.0 Å². The molecule has 0 fully saturated rings. The first-order chi connectivity index (χ1) is 30.0. The van der Waals surface area contributed by atoms with Gasteiger partial charge in [0.1, 0.15) is 13.2 Å². The predicted molar refractivity (Wildman–Crippen MR) is 260 cm³/mol. The summed E-state index contributed by atoms with van der Waals surface area (Å²) in [6.45, 7) is 6.37. The van der Waals surface area contributed by atoms with Crippen LogP contribution in [0.2, 0.25) is 0 Å². The standard InChI is InChI=1S/C55H90O6/c1-4-7-10-13-16-19-22-24-25-26-27-28-29-31-33-36-39-42-45-48-54(57)60-51-52(50-59-53(56)47-44-41-38-35-32-21-18-15-12-9-6-3)61-55(58)49-46-43-40-37-34-30-23-20-17-14-11-8-5-2/h7,10,15-16,18-19,24-25,27-28,30-31,33-34,39,42,52H,4-6,8-9,11-14,17,20-23,26,29,32,35-38,40-41,43-51H2,1-3H3/b10-7-,18-15-,19-16-,25-24-,28-27-,33-31-,34-30-,42-39-. The summed E-state index contributed by atoms with van der Waals surface area (Å²) < 4.78 is 16.7.